The van der Waals surface area contributed by atoms with Gasteiger partial charge in [0.25, 0.3) is 0 Å². The minimum Gasteiger partial charge on any atom is -0.461 e. The van der Waals surface area contributed by atoms with Crippen molar-refractivity contribution in [2.45, 2.75) is 45.2 Å². The number of hydrogen-bond donors (Lipinski definition) is 2. The number of benzene rings is 3. The zero-order valence-electron chi connectivity index (χ0n) is 20.3. The number of carbonyl (C=O) groups excluding carboxylic acids is 2. The van der Waals surface area contributed by atoms with E-state index in [2.05, 4.69) is 5.32 Å². The Hall–Kier alpha value is -3.41. The summed E-state index contributed by atoms with van der Waals surface area (Å²) in [5.74, 6) is -1.66. The van der Waals surface area contributed by atoms with Crippen LogP contribution in [0.3, 0.4) is 0 Å². The lowest BCUT2D eigenvalue weighted by Gasteiger charge is -2.24. The highest BCUT2D eigenvalue weighted by molar-refractivity contribution is 7.58. The molecule has 0 aliphatic rings. The van der Waals surface area contributed by atoms with Crippen LogP contribution >= 0.6 is 7.37 Å². The third-order valence-electron chi connectivity index (χ3n) is 5.65. The first-order valence-electron chi connectivity index (χ1n) is 11.9. The zero-order valence-corrected chi connectivity index (χ0v) is 21.2. The van der Waals surface area contributed by atoms with Crippen LogP contribution in [0.4, 0.5) is 4.79 Å². The van der Waals surface area contributed by atoms with Gasteiger partial charge in [0.1, 0.15) is 19.0 Å². The summed E-state index contributed by atoms with van der Waals surface area (Å²) in [7, 11) is -3.89. The summed E-state index contributed by atoms with van der Waals surface area (Å²) in [5.41, 5.74) is 3.62. The molecule has 0 saturated carbocycles. The molecule has 2 atom stereocenters. The third kappa shape index (κ3) is 9.33. The molecule has 3 rings (SSSR count). The van der Waals surface area contributed by atoms with Gasteiger partial charge in [-0.05, 0) is 36.5 Å². The highest BCUT2D eigenvalue weighted by Crippen LogP contribution is 2.47. The van der Waals surface area contributed by atoms with E-state index < -0.39 is 25.2 Å². The van der Waals surface area contributed by atoms with E-state index in [9.17, 15) is 19.0 Å². The molecule has 0 heterocycles. The third-order valence-corrected chi connectivity index (χ3v) is 7.88. The first-order valence-corrected chi connectivity index (χ1v) is 13.8. The second-order valence-corrected chi connectivity index (χ2v) is 11.2. The molecule has 7 nitrogen and oxygen atoms in total. The van der Waals surface area contributed by atoms with Gasteiger partial charge in [-0.2, -0.15) is 0 Å². The fourth-order valence-electron chi connectivity index (χ4n) is 3.65. The molecule has 0 spiro atoms. The molecule has 0 radical (unpaired) electrons. The van der Waals surface area contributed by atoms with Gasteiger partial charge in [0.15, 0.2) is 0 Å². The van der Waals surface area contributed by atoms with Crippen molar-refractivity contribution in [2.75, 3.05) is 6.16 Å². The standard InChI is InChI=1S/C28H32NO6P/c1-22-9-8-14-23(19-22)17-18-36(32,33)26(29-28(31)35-21-25-12-6-3-7-13-25)15-16-27(30)34-20-24-10-4-2-5-11-24/h2-14,19,26H,15-18,20-21H2,1H3,(H,29,31)(H,32,33). The van der Waals surface area contributed by atoms with E-state index in [1.807, 2.05) is 91.9 Å². The van der Waals surface area contributed by atoms with E-state index in [0.29, 0.717) is 6.42 Å². The molecular weight excluding hydrogens is 477 g/mol. The molecule has 2 unspecified atom stereocenters. The molecule has 0 saturated heterocycles. The number of esters is 1. The van der Waals surface area contributed by atoms with E-state index >= 15 is 0 Å². The quantitative estimate of drug-likeness (QED) is 0.244. The maximum Gasteiger partial charge on any atom is 0.408 e. The number of nitrogens with one attached hydrogen (secondary N) is 1. The maximum atomic E-state index is 13.3. The smallest absolute Gasteiger partial charge is 0.408 e. The molecule has 190 valence electrons. The molecule has 0 aliphatic carbocycles. The van der Waals surface area contributed by atoms with E-state index in [-0.39, 0.29) is 32.2 Å². The lowest BCUT2D eigenvalue weighted by atomic mass is 10.1. The highest BCUT2D eigenvalue weighted by atomic mass is 31.2. The van der Waals surface area contributed by atoms with Crippen LogP contribution in [0.15, 0.2) is 84.9 Å². The molecule has 8 heteroatoms. The van der Waals surface area contributed by atoms with Crippen LogP contribution in [0.1, 0.15) is 35.1 Å². The summed E-state index contributed by atoms with van der Waals surface area (Å²) >= 11 is 0. The Balaban J connectivity index is 1.60. The SMILES string of the molecule is Cc1cccc(CCP(=O)(O)C(CCC(=O)OCc2ccccc2)NC(=O)OCc2ccccc2)c1. The summed E-state index contributed by atoms with van der Waals surface area (Å²) in [6, 6.07) is 26.1. The van der Waals surface area contributed by atoms with Crippen molar-refractivity contribution < 1.29 is 28.5 Å². The minimum atomic E-state index is -3.89. The second-order valence-electron chi connectivity index (χ2n) is 8.63. The predicted molar refractivity (Wildman–Crippen MR) is 139 cm³/mol. The molecule has 0 aromatic heterocycles. The van der Waals surface area contributed by atoms with Gasteiger partial charge in [-0.1, -0.05) is 90.5 Å². The van der Waals surface area contributed by atoms with Crippen molar-refractivity contribution in [1.29, 1.82) is 0 Å². The first kappa shape index (κ1) is 27.2. The van der Waals surface area contributed by atoms with Crippen LogP contribution in [-0.4, -0.2) is 28.9 Å². The number of rotatable bonds is 12. The molecule has 2 N–H and O–H groups in total. The fraction of sp³-hybridized carbons (Fsp3) is 0.286. The topological polar surface area (TPSA) is 102 Å². The van der Waals surface area contributed by atoms with E-state index in [1.54, 1.807) is 0 Å². The highest BCUT2D eigenvalue weighted by Gasteiger charge is 2.33. The van der Waals surface area contributed by atoms with Gasteiger partial charge in [-0.3, -0.25) is 9.36 Å². The molecular formula is C28H32NO6P. The second kappa shape index (κ2) is 13.6. The number of alkyl carbamates (subject to hydrolysis) is 1. The van der Waals surface area contributed by atoms with Crippen molar-refractivity contribution in [3.63, 3.8) is 0 Å². The average Bonchev–Trinajstić information content (AvgIpc) is 2.88. The normalized spacial score (nSPS) is 13.3. The molecule has 0 fully saturated rings. The van der Waals surface area contributed by atoms with Crippen molar-refractivity contribution in [3.8, 4) is 0 Å². The summed E-state index contributed by atoms with van der Waals surface area (Å²) < 4.78 is 23.8. The summed E-state index contributed by atoms with van der Waals surface area (Å²) in [6.45, 7) is 2.09. The Morgan fingerprint density at radius 3 is 2.06 bits per heavy atom. The van der Waals surface area contributed by atoms with E-state index in [1.165, 1.54) is 0 Å². The van der Waals surface area contributed by atoms with Gasteiger partial charge < -0.3 is 19.7 Å². The lowest BCUT2D eigenvalue weighted by Crippen LogP contribution is -2.36. The molecule has 0 bridgehead atoms. The maximum absolute atomic E-state index is 13.3. The van der Waals surface area contributed by atoms with Crippen molar-refractivity contribution >= 4 is 19.4 Å². The average molecular weight is 510 g/mol. The summed E-state index contributed by atoms with van der Waals surface area (Å²) in [5, 5.41) is 2.52. The largest absolute Gasteiger partial charge is 0.461 e. The fourth-order valence-corrected chi connectivity index (χ4v) is 5.38. The van der Waals surface area contributed by atoms with Crippen LogP contribution in [0.5, 0.6) is 0 Å². The summed E-state index contributed by atoms with van der Waals surface area (Å²) in [4.78, 5) is 35.7. The Morgan fingerprint density at radius 2 is 1.44 bits per heavy atom. The van der Waals surface area contributed by atoms with Crippen LogP contribution in [0.2, 0.25) is 0 Å². The van der Waals surface area contributed by atoms with E-state index in [4.69, 9.17) is 9.47 Å². The first-order chi connectivity index (χ1) is 17.3. The van der Waals surface area contributed by atoms with Crippen LogP contribution in [0.25, 0.3) is 0 Å². The molecule has 36 heavy (non-hydrogen) atoms. The van der Waals surface area contributed by atoms with Crippen LogP contribution in [-0.2, 0) is 38.5 Å². The summed E-state index contributed by atoms with van der Waals surface area (Å²) in [6.07, 6.45) is -0.655. The van der Waals surface area contributed by atoms with Crippen molar-refractivity contribution in [2.24, 2.45) is 0 Å². The van der Waals surface area contributed by atoms with Crippen molar-refractivity contribution in [1.82, 2.24) is 5.32 Å². The Morgan fingerprint density at radius 1 is 0.861 bits per heavy atom. The number of aryl methyl sites for hydroxylation is 2. The van der Waals surface area contributed by atoms with Gasteiger partial charge in [-0.25, -0.2) is 4.79 Å². The van der Waals surface area contributed by atoms with Crippen LogP contribution < -0.4 is 5.32 Å². The van der Waals surface area contributed by atoms with Gasteiger partial charge >= 0.3 is 12.1 Å². The van der Waals surface area contributed by atoms with Crippen LogP contribution in [0, 0.1) is 6.92 Å². The van der Waals surface area contributed by atoms with Crippen molar-refractivity contribution in [3.05, 3.63) is 107 Å². The molecule has 3 aromatic rings. The van der Waals surface area contributed by atoms with Gasteiger partial charge in [0.2, 0.25) is 7.37 Å². The minimum absolute atomic E-state index is 0.0253. The van der Waals surface area contributed by atoms with Gasteiger partial charge in [-0.15, -0.1) is 0 Å². The van der Waals surface area contributed by atoms with E-state index in [0.717, 1.165) is 22.3 Å². The lowest BCUT2D eigenvalue weighted by molar-refractivity contribution is -0.145. The monoisotopic (exact) mass is 509 g/mol. The number of hydrogen-bond acceptors (Lipinski definition) is 5. The molecule has 0 aliphatic heterocycles. The predicted octanol–water partition coefficient (Wildman–Crippen LogP) is 5.58. The zero-order chi connectivity index (χ0) is 25.8. The molecule has 3 aromatic carbocycles. The van der Waals surface area contributed by atoms with Gasteiger partial charge in [0.05, 0.1) is 0 Å². The Kier molecular flexibility index (Phi) is 10.3. The van der Waals surface area contributed by atoms with Gasteiger partial charge in [0, 0.05) is 12.6 Å². The Labute approximate surface area is 211 Å². The number of amides is 1. The molecule has 1 amide bonds. The number of ether oxygens (including phenoxy) is 2. The number of carbonyl (C=O) groups is 2. The Bertz CT molecular complexity index is 1170.